The van der Waals surface area contributed by atoms with E-state index in [1.54, 1.807) is 0 Å². The molecule has 0 amide bonds. The number of hydrogen-bond acceptors (Lipinski definition) is 6. The second-order valence-electron chi connectivity index (χ2n) is 35.2. The molecule has 0 aliphatic carbocycles. The van der Waals surface area contributed by atoms with Crippen molar-refractivity contribution in [1.82, 2.24) is 38.2 Å². The van der Waals surface area contributed by atoms with Crippen molar-refractivity contribution in [2.24, 2.45) is 0 Å². The van der Waals surface area contributed by atoms with Crippen LogP contribution in [-0.4, -0.2) is 38.2 Å². The van der Waals surface area contributed by atoms with Gasteiger partial charge in [0.05, 0.1) is 112 Å². The Kier molecular flexibility index (Phi) is 16.0. The van der Waals surface area contributed by atoms with Crippen LogP contribution in [0.2, 0.25) is 0 Å². The average Bonchev–Trinajstić information content (AvgIpc) is 1.77. The maximum absolute atomic E-state index is 6.40. The topological polar surface area (TPSA) is 84.4 Å². The van der Waals surface area contributed by atoms with E-state index in [0.29, 0.717) is 0 Å². The van der Waals surface area contributed by atoms with E-state index in [-0.39, 0.29) is 0 Å². The summed E-state index contributed by atoms with van der Waals surface area (Å²) in [7, 11) is 0. The van der Waals surface area contributed by atoms with Crippen LogP contribution in [0.5, 0.6) is 0 Å². The molecule has 0 bridgehead atoms. The second kappa shape index (κ2) is 28.9. The van der Waals surface area contributed by atoms with Gasteiger partial charge in [0, 0.05) is 118 Å². The van der Waals surface area contributed by atoms with Gasteiger partial charge in [0.25, 0.3) is 0 Å². The number of thiophene rings is 1. The number of rotatable bonds is 8. The Morgan fingerprint density at radius 1 is 0.172 bits per heavy atom. The van der Waals surface area contributed by atoms with Gasteiger partial charge in [0.1, 0.15) is 11.2 Å². The maximum Gasteiger partial charge on any atom is 0.136 e. The lowest BCUT2D eigenvalue weighted by Gasteiger charge is -2.17. The third kappa shape index (κ3) is 10.9. The number of fused-ring (bicyclic) bond motifs is 28. The fraction of sp³-hybridized carbons (Fsp3) is 0. The van der Waals surface area contributed by atoms with Gasteiger partial charge in [-0.25, -0.2) is 19.9 Å². The van der Waals surface area contributed by atoms with Crippen LogP contribution in [0.25, 0.3) is 284 Å². The molecule has 0 saturated heterocycles. The highest BCUT2D eigenvalue weighted by atomic mass is 32.1. The molecule has 0 aliphatic heterocycles. The molecule has 22 aromatic carbocycles. The minimum Gasteiger partial charge on any atom is -0.456 e. The Labute approximate surface area is 769 Å². The fourth-order valence-electron chi connectivity index (χ4n) is 22.4. The van der Waals surface area contributed by atoms with Crippen LogP contribution in [0, 0.1) is 0 Å². The predicted octanol–water partition coefficient (Wildman–Crippen LogP) is 33.5. The van der Waals surface area contributed by atoms with Crippen molar-refractivity contribution < 1.29 is 4.42 Å². The van der Waals surface area contributed by atoms with E-state index in [4.69, 9.17) is 24.4 Å². The van der Waals surface area contributed by atoms with Gasteiger partial charge in [-0.2, -0.15) is 0 Å². The lowest BCUT2D eigenvalue weighted by molar-refractivity contribution is 0.669. The molecule has 10 heteroatoms. The van der Waals surface area contributed by atoms with Crippen LogP contribution < -0.4 is 0 Å². The summed E-state index contributed by atoms with van der Waals surface area (Å²) in [5.74, 6) is 0. The molecule has 30 aromatic rings. The first-order valence-electron chi connectivity index (χ1n) is 45.6. The summed E-state index contributed by atoms with van der Waals surface area (Å²) in [5.41, 5.74) is 26.6. The minimum absolute atomic E-state index is 0.822. The Morgan fingerprint density at radius 3 is 1.01 bits per heavy atom. The van der Waals surface area contributed by atoms with Crippen molar-refractivity contribution >= 4 is 227 Å². The highest BCUT2D eigenvalue weighted by Crippen LogP contribution is 2.50. The Bertz CT molecular complexity index is 9770. The minimum atomic E-state index is 0.822. The van der Waals surface area contributed by atoms with Crippen molar-refractivity contribution in [3.8, 4) is 67.8 Å². The largest absolute Gasteiger partial charge is 0.456 e. The number of hydrogen-bond donors (Lipinski definition) is 0. The molecular formula is C124H72N8OS. The van der Waals surface area contributed by atoms with Gasteiger partial charge in [-0.1, -0.05) is 303 Å². The van der Waals surface area contributed by atoms with E-state index in [0.717, 1.165) is 155 Å². The van der Waals surface area contributed by atoms with Crippen molar-refractivity contribution in [1.29, 1.82) is 0 Å². The number of benzene rings is 22. The quantitative estimate of drug-likeness (QED) is 0.151. The van der Waals surface area contributed by atoms with Crippen molar-refractivity contribution in [2.45, 2.75) is 0 Å². The smallest absolute Gasteiger partial charge is 0.136 e. The highest BCUT2D eigenvalue weighted by molar-refractivity contribution is 7.26. The van der Waals surface area contributed by atoms with Crippen LogP contribution in [0.15, 0.2) is 441 Å². The number of furan rings is 1. The van der Waals surface area contributed by atoms with Gasteiger partial charge < -0.3 is 22.7 Å². The summed E-state index contributed by atoms with van der Waals surface area (Å²) < 4.78 is 18.8. The monoisotopic (exact) mass is 1720 g/mol. The summed E-state index contributed by atoms with van der Waals surface area (Å²) >= 11 is 1.83. The molecule has 0 N–H and O–H groups in total. The SMILES string of the molecule is c1cc(-n2c3ccccc3c3c4ccccc4ccc32)c2cc3c(cc2c1)c1ccccc1n3-c1cccc2c(-c3nc4ccccc4nc3-c3cccc4oc5ccccc5c34)cccc12.c1cc(-n2c3ccccc3c3c4ccccc4ccc32)c2cc3c(cc2c1)c1ccccc1n3-c1cccc2c(-c3nc4ccccc4nc3-c3cccc4sc5ccccc5c34)cccc12. The van der Waals surface area contributed by atoms with E-state index >= 15 is 0 Å². The van der Waals surface area contributed by atoms with E-state index < -0.39 is 0 Å². The van der Waals surface area contributed by atoms with Crippen LogP contribution in [0.3, 0.4) is 0 Å². The first-order chi connectivity index (χ1) is 66.5. The summed E-state index contributed by atoms with van der Waals surface area (Å²) in [6.45, 7) is 0. The van der Waals surface area contributed by atoms with Crippen LogP contribution in [-0.2, 0) is 0 Å². The molecule has 30 rings (SSSR count). The fourth-order valence-corrected chi connectivity index (χ4v) is 23.6. The van der Waals surface area contributed by atoms with Gasteiger partial charge in [0.15, 0.2) is 0 Å². The average molecular weight is 1720 g/mol. The first-order valence-corrected chi connectivity index (χ1v) is 46.5. The van der Waals surface area contributed by atoms with E-state index in [1.165, 1.54) is 128 Å². The zero-order valence-electron chi connectivity index (χ0n) is 72.0. The van der Waals surface area contributed by atoms with Crippen molar-refractivity contribution in [3.63, 3.8) is 0 Å². The van der Waals surface area contributed by atoms with E-state index in [1.807, 2.05) is 53.8 Å². The third-order valence-corrected chi connectivity index (χ3v) is 29.3. The zero-order chi connectivity index (χ0) is 87.5. The molecule has 134 heavy (non-hydrogen) atoms. The molecule has 0 spiro atoms. The maximum atomic E-state index is 6.40. The lowest BCUT2D eigenvalue weighted by atomic mass is 9.95. The lowest BCUT2D eigenvalue weighted by Crippen LogP contribution is -1.99. The van der Waals surface area contributed by atoms with Crippen LogP contribution in [0.1, 0.15) is 0 Å². The number of aromatic nitrogens is 8. The molecule has 0 unspecified atom stereocenters. The molecule has 620 valence electrons. The molecular weight excluding hydrogens is 1650 g/mol. The summed E-state index contributed by atoms with van der Waals surface area (Å²) in [6.07, 6.45) is 0. The predicted molar refractivity (Wildman–Crippen MR) is 563 cm³/mol. The second-order valence-corrected chi connectivity index (χ2v) is 36.3. The molecule has 8 heterocycles. The van der Waals surface area contributed by atoms with Crippen LogP contribution >= 0.6 is 11.3 Å². The first kappa shape index (κ1) is 74.3. The molecule has 0 atom stereocenters. The van der Waals surface area contributed by atoms with E-state index in [2.05, 4.69) is 413 Å². The Hall–Kier alpha value is -17.7. The molecule has 0 aliphatic rings. The van der Waals surface area contributed by atoms with Crippen molar-refractivity contribution in [3.05, 3.63) is 437 Å². The van der Waals surface area contributed by atoms with Gasteiger partial charge in [-0.3, -0.25) is 0 Å². The summed E-state index contributed by atoms with van der Waals surface area (Å²) in [5, 5.41) is 28.8. The Morgan fingerprint density at radius 2 is 0.500 bits per heavy atom. The van der Waals surface area contributed by atoms with Gasteiger partial charge in [-0.15, -0.1) is 11.3 Å². The third-order valence-electron chi connectivity index (χ3n) is 28.2. The molecule has 0 saturated carbocycles. The summed E-state index contributed by atoms with van der Waals surface area (Å²) in [4.78, 5) is 21.8. The molecule has 9 nitrogen and oxygen atoms in total. The standard InChI is InChI=1S/C62H36N4O.C62H36N4S/c2*1-2-17-39-37(15-1)33-34-55-59(39)44-19-4-9-28-53(44)65(55)54-29-11-16-38-35-48-42-18-3-8-27-51(42)66(56(48)36-47(38)54)52-30-13-21-40-41(52)22-12-23-43(40)61-62(64-50-26-7-6-25-49(50)63-61)46-24-14-32-58-60(46)45-20-5-10-31-57(45)67-58/h2*1-36H. The molecule has 0 radical (unpaired) electrons. The molecule has 8 aromatic heterocycles. The van der Waals surface area contributed by atoms with Crippen molar-refractivity contribution in [2.75, 3.05) is 0 Å². The number of para-hydroxylation sites is 9. The van der Waals surface area contributed by atoms with Gasteiger partial charge >= 0.3 is 0 Å². The van der Waals surface area contributed by atoms with Gasteiger partial charge in [0.2, 0.25) is 0 Å². The number of nitrogens with zero attached hydrogens (tertiary/aromatic N) is 8. The summed E-state index contributed by atoms with van der Waals surface area (Å²) in [6, 6.07) is 158. The van der Waals surface area contributed by atoms with Crippen LogP contribution in [0.4, 0.5) is 0 Å². The van der Waals surface area contributed by atoms with E-state index in [9.17, 15) is 0 Å². The molecule has 0 fully saturated rings. The highest BCUT2D eigenvalue weighted by Gasteiger charge is 2.28. The van der Waals surface area contributed by atoms with Gasteiger partial charge in [-0.05, 0) is 177 Å². The zero-order valence-corrected chi connectivity index (χ0v) is 72.8. The normalized spacial score (nSPS) is 12.2. The Balaban J connectivity index is 0.000000131.